The predicted octanol–water partition coefficient (Wildman–Crippen LogP) is 3.01. The van der Waals surface area contributed by atoms with Crippen molar-refractivity contribution in [3.8, 4) is 0 Å². The molecule has 0 aromatic carbocycles. The van der Waals surface area contributed by atoms with E-state index in [0.717, 1.165) is 0 Å². The molecule has 0 saturated carbocycles. The second-order valence-electron chi connectivity index (χ2n) is 5.53. The highest BCUT2D eigenvalue weighted by Crippen LogP contribution is 2.33. The van der Waals surface area contributed by atoms with Crippen LogP contribution in [0.3, 0.4) is 0 Å². The number of halogens is 1. The predicted molar refractivity (Wildman–Crippen MR) is 76.5 cm³/mol. The fourth-order valence-corrected chi connectivity index (χ4v) is 2.84. The Hall–Kier alpha value is -1.49. The van der Waals surface area contributed by atoms with Crippen LogP contribution in [0.1, 0.15) is 49.3 Å². The minimum absolute atomic E-state index is 0.225. The zero-order chi connectivity index (χ0) is 15.7. The van der Waals surface area contributed by atoms with E-state index in [-0.39, 0.29) is 29.3 Å². The number of carbonyl (C=O) groups is 2. The van der Waals surface area contributed by atoms with Crippen LogP contribution < -0.4 is 0 Å². The summed E-state index contributed by atoms with van der Waals surface area (Å²) in [6.45, 7) is 9.48. The molecule has 1 aromatic rings. The monoisotopic (exact) mass is 301 g/mol. The van der Waals surface area contributed by atoms with Crippen molar-refractivity contribution in [2.24, 2.45) is 0 Å². The summed E-state index contributed by atoms with van der Waals surface area (Å²) in [7, 11) is 0. The first-order valence-corrected chi connectivity index (χ1v) is 6.78. The van der Waals surface area contributed by atoms with Crippen molar-refractivity contribution in [2.75, 3.05) is 6.61 Å². The summed E-state index contributed by atoms with van der Waals surface area (Å²) in [6.07, 6.45) is -0.309. The lowest BCUT2D eigenvalue weighted by molar-refractivity contribution is -0.136. The Kier molecular flexibility index (Phi) is 4.86. The molecule has 1 N–H and O–H groups in total. The smallest absolute Gasteiger partial charge is 0.340 e. The molecule has 112 valence electrons. The Morgan fingerprint density at radius 3 is 2.30 bits per heavy atom. The number of esters is 1. The molecule has 0 amide bonds. The molecule has 5 nitrogen and oxygen atoms in total. The van der Waals surface area contributed by atoms with Crippen molar-refractivity contribution in [1.82, 2.24) is 4.57 Å². The number of aromatic nitrogens is 1. The van der Waals surface area contributed by atoms with E-state index >= 15 is 0 Å². The molecule has 0 saturated heterocycles. The third kappa shape index (κ3) is 3.15. The van der Waals surface area contributed by atoms with Gasteiger partial charge in [-0.3, -0.25) is 4.79 Å². The second-order valence-corrected chi connectivity index (χ2v) is 5.89. The molecule has 0 aliphatic rings. The average molecular weight is 302 g/mol. The van der Waals surface area contributed by atoms with Crippen LogP contribution in [0.4, 0.5) is 0 Å². The van der Waals surface area contributed by atoms with Crippen LogP contribution in [0.2, 0.25) is 5.15 Å². The summed E-state index contributed by atoms with van der Waals surface area (Å²) in [5.74, 6) is -1.57. The number of carboxylic acid groups (broad SMARTS) is 1. The minimum atomic E-state index is -1.04. The van der Waals surface area contributed by atoms with E-state index in [9.17, 15) is 9.59 Å². The number of carboxylic acids is 1. The molecule has 0 radical (unpaired) electrons. The van der Waals surface area contributed by atoms with Gasteiger partial charge in [0, 0.05) is 16.8 Å². The van der Waals surface area contributed by atoms with E-state index in [1.54, 1.807) is 18.4 Å². The Morgan fingerprint density at radius 1 is 1.35 bits per heavy atom. The van der Waals surface area contributed by atoms with Gasteiger partial charge in [0.1, 0.15) is 5.15 Å². The van der Waals surface area contributed by atoms with E-state index in [1.807, 2.05) is 20.8 Å². The van der Waals surface area contributed by atoms with Gasteiger partial charge in [-0.2, -0.15) is 0 Å². The summed E-state index contributed by atoms with van der Waals surface area (Å²) < 4.78 is 6.77. The standard InChI is InChI=1S/C14H20ClNO4/c1-6-20-13(19)11-8(2)16(14(3,4)5)12(15)9(11)7-10(17)18/h6-7H2,1-5H3,(H,17,18). The number of aliphatic carboxylic acids is 1. The van der Waals surface area contributed by atoms with Crippen molar-refractivity contribution in [3.63, 3.8) is 0 Å². The number of hydrogen-bond acceptors (Lipinski definition) is 3. The number of ether oxygens (including phenoxy) is 1. The first-order valence-electron chi connectivity index (χ1n) is 6.40. The van der Waals surface area contributed by atoms with Gasteiger partial charge in [-0.1, -0.05) is 11.6 Å². The van der Waals surface area contributed by atoms with Gasteiger partial charge < -0.3 is 14.4 Å². The van der Waals surface area contributed by atoms with Gasteiger partial charge in [0.25, 0.3) is 0 Å². The molecule has 0 atom stereocenters. The molecule has 6 heteroatoms. The topological polar surface area (TPSA) is 68.5 Å². The second kappa shape index (κ2) is 5.87. The van der Waals surface area contributed by atoms with Crippen LogP contribution in [0.25, 0.3) is 0 Å². The molecule has 1 aromatic heterocycles. The summed E-state index contributed by atoms with van der Waals surface area (Å²) >= 11 is 6.30. The normalized spacial score (nSPS) is 11.5. The van der Waals surface area contributed by atoms with Gasteiger partial charge in [-0.05, 0) is 34.6 Å². The first kappa shape index (κ1) is 16.6. The Balaban J connectivity index is 3.54. The zero-order valence-electron chi connectivity index (χ0n) is 12.4. The maximum atomic E-state index is 12.1. The molecule has 0 aliphatic heterocycles. The number of rotatable bonds is 4. The number of hydrogen-bond donors (Lipinski definition) is 1. The summed E-state index contributed by atoms with van der Waals surface area (Å²) in [6, 6.07) is 0. The molecular formula is C14H20ClNO4. The highest BCUT2D eigenvalue weighted by atomic mass is 35.5. The molecule has 1 heterocycles. The van der Waals surface area contributed by atoms with Crippen molar-refractivity contribution < 1.29 is 19.4 Å². The molecule has 0 aliphatic carbocycles. The Bertz CT molecular complexity index is 540. The van der Waals surface area contributed by atoms with Crippen molar-refractivity contribution in [1.29, 1.82) is 0 Å². The molecule has 20 heavy (non-hydrogen) atoms. The van der Waals surface area contributed by atoms with Crippen LogP contribution in [0.15, 0.2) is 0 Å². The zero-order valence-corrected chi connectivity index (χ0v) is 13.2. The van der Waals surface area contributed by atoms with Gasteiger partial charge in [-0.15, -0.1) is 0 Å². The van der Waals surface area contributed by atoms with Gasteiger partial charge >= 0.3 is 11.9 Å². The van der Waals surface area contributed by atoms with Crippen LogP contribution in [0, 0.1) is 6.92 Å². The fraction of sp³-hybridized carbons (Fsp3) is 0.571. The van der Waals surface area contributed by atoms with E-state index in [1.165, 1.54) is 0 Å². The third-order valence-electron chi connectivity index (χ3n) is 2.92. The summed E-state index contributed by atoms with van der Waals surface area (Å²) in [5.41, 5.74) is 0.829. The largest absolute Gasteiger partial charge is 0.481 e. The molecule has 0 unspecified atom stereocenters. The van der Waals surface area contributed by atoms with Crippen molar-refractivity contribution in [3.05, 3.63) is 22.0 Å². The van der Waals surface area contributed by atoms with E-state index in [0.29, 0.717) is 11.3 Å². The summed E-state index contributed by atoms with van der Waals surface area (Å²) in [4.78, 5) is 23.1. The highest BCUT2D eigenvalue weighted by molar-refractivity contribution is 6.31. The third-order valence-corrected chi connectivity index (χ3v) is 3.32. The van der Waals surface area contributed by atoms with Gasteiger partial charge in [0.05, 0.1) is 18.6 Å². The maximum absolute atomic E-state index is 12.1. The minimum Gasteiger partial charge on any atom is -0.481 e. The van der Waals surface area contributed by atoms with E-state index in [2.05, 4.69) is 0 Å². The van der Waals surface area contributed by atoms with Crippen molar-refractivity contribution >= 4 is 23.5 Å². The number of carbonyl (C=O) groups excluding carboxylic acids is 1. The van der Waals surface area contributed by atoms with Crippen LogP contribution >= 0.6 is 11.6 Å². The maximum Gasteiger partial charge on any atom is 0.340 e. The number of nitrogens with zero attached hydrogens (tertiary/aromatic N) is 1. The van der Waals surface area contributed by atoms with E-state index < -0.39 is 11.9 Å². The van der Waals surface area contributed by atoms with E-state index in [4.69, 9.17) is 21.4 Å². The molecule has 0 spiro atoms. The lowest BCUT2D eigenvalue weighted by atomic mass is 10.1. The van der Waals surface area contributed by atoms with Gasteiger partial charge in [0.15, 0.2) is 0 Å². The van der Waals surface area contributed by atoms with Crippen LogP contribution in [-0.4, -0.2) is 28.2 Å². The molecule has 1 rings (SSSR count). The Labute approximate surface area is 123 Å². The summed E-state index contributed by atoms with van der Waals surface area (Å²) in [5, 5.41) is 9.29. The molecule has 0 fully saturated rings. The van der Waals surface area contributed by atoms with Gasteiger partial charge in [-0.25, -0.2) is 4.79 Å². The fourth-order valence-electron chi connectivity index (χ4n) is 2.30. The van der Waals surface area contributed by atoms with Crippen molar-refractivity contribution in [2.45, 2.75) is 46.6 Å². The van der Waals surface area contributed by atoms with Gasteiger partial charge in [0.2, 0.25) is 0 Å². The first-order chi connectivity index (χ1) is 9.11. The molecule has 0 bridgehead atoms. The quantitative estimate of drug-likeness (QED) is 0.868. The SMILES string of the molecule is CCOC(=O)c1c(CC(=O)O)c(Cl)n(C(C)(C)C)c1C. The van der Waals surface area contributed by atoms with Crippen LogP contribution in [-0.2, 0) is 21.5 Å². The lowest BCUT2D eigenvalue weighted by Crippen LogP contribution is -2.23. The lowest BCUT2D eigenvalue weighted by Gasteiger charge is -2.25. The Morgan fingerprint density at radius 2 is 1.90 bits per heavy atom. The highest BCUT2D eigenvalue weighted by Gasteiger charge is 2.30. The van der Waals surface area contributed by atoms with Crippen LogP contribution in [0.5, 0.6) is 0 Å². The molecular weight excluding hydrogens is 282 g/mol. The average Bonchev–Trinajstić information content (AvgIpc) is 2.49.